The molecule has 0 radical (unpaired) electrons. The standard InChI is InChI=1S/C20H15BrN2O4/c1-10-8-13(12(3)25-10)16-9-14(18-11(2)23-27-19(18)22-16)20(24)26-17-7-5-4-6-15(17)21/h4-9H,1-3H3. The highest BCUT2D eigenvalue weighted by molar-refractivity contribution is 9.10. The van der Waals surface area contributed by atoms with Crippen LogP contribution < -0.4 is 4.74 Å². The summed E-state index contributed by atoms with van der Waals surface area (Å²) in [6.45, 7) is 5.46. The van der Waals surface area contributed by atoms with Crippen molar-refractivity contribution < 1.29 is 18.5 Å². The number of hydrogen-bond donors (Lipinski definition) is 0. The minimum Gasteiger partial charge on any atom is -0.466 e. The Morgan fingerprint density at radius 1 is 1.15 bits per heavy atom. The van der Waals surface area contributed by atoms with Gasteiger partial charge >= 0.3 is 5.97 Å². The molecule has 0 aliphatic heterocycles. The molecule has 4 aromatic rings. The van der Waals surface area contributed by atoms with Crippen LogP contribution in [0, 0.1) is 20.8 Å². The minimum atomic E-state index is -0.514. The van der Waals surface area contributed by atoms with Crippen LogP contribution in [0.15, 0.2) is 49.8 Å². The molecule has 0 fully saturated rings. The van der Waals surface area contributed by atoms with Crippen LogP contribution in [0.1, 0.15) is 27.6 Å². The zero-order valence-corrected chi connectivity index (χ0v) is 16.5. The average molecular weight is 427 g/mol. The summed E-state index contributed by atoms with van der Waals surface area (Å²) in [5.74, 6) is 1.38. The molecule has 0 N–H and O–H groups in total. The molecule has 136 valence electrons. The third kappa shape index (κ3) is 3.14. The molecule has 1 aromatic carbocycles. The molecule has 7 heteroatoms. The number of esters is 1. The Hall–Kier alpha value is -2.93. The van der Waals surface area contributed by atoms with E-state index >= 15 is 0 Å². The lowest BCUT2D eigenvalue weighted by molar-refractivity contribution is 0.0735. The van der Waals surface area contributed by atoms with Gasteiger partial charge in [-0.2, -0.15) is 0 Å². The highest BCUT2D eigenvalue weighted by Crippen LogP contribution is 2.32. The van der Waals surface area contributed by atoms with Crippen LogP contribution in [0.4, 0.5) is 0 Å². The summed E-state index contributed by atoms with van der Waals surface area (Å²) >= 11 is 3.38. The second kappa shape index (κ2) is 6.66. The second-order valence-electron chi connectivity index (χ2n) is 6.15. The van der Waals surface area contributed by atoms with Crippen LogP contribution in [-0.2, 0) is 0 Å². The summed E-state index contributed by atoms with van der Waals surface area (Å²) < 4.78 is 17.2. The van der Waals surface area contributed by atoms with E-state index in [1.807, 2.05) is 26.0 Å². The quantitative estimate of drug-likeness (QED) is 0.322. The summed E-state index contributed by atoms with van der Waals surface area (Å²) in [6.07, 6.45) is 0. The fourth-order valence-electron chi connectivity index (χ4n) is 2.96. The molecule has 0 bridgehead atoms. The van der Waals surface area contributed by atoms with Gasteiger partial charge in [-0.05, 0) is 61.0 Å². The number of furan rings is 1. The maximum atomic E-state index is 12.9. The maximum absolute atomic E-state index is 12.9. The number of benzene rings is 1. The summed E-state index contributed by atoms with van der Waals surface area (Å²) in [6, 6.07) is 10.7. The van der Waals surface area contributed by atoms with E-state index in [0.717, 1.165) is 11.3 Å². The van der Waals surface area contributed by atoms with Crippen LogP contribution in [0.25, 0.3) is 22.4 Å². The Kier molecular flexibility index (Phi) is 4.31. The van der Waals surface area contributed by atoms with Gasteiger partial charge in [0.1, 0.15) is 17.3 Å². The third-order valence-electron chi connectivity index (χ3n) is 4.19. The van der Waals surface area contributed by atoms with Gasteiger partial charge in [-0.25, -0.2) is 9.78 Å². The highest BCUT2D eigenvalue weighted by Gasteiger charge is 2.22. The topological polar surface area (TPSA) is 78.4 Å². The second-order valence-corrected chi connectivity index (χ2v) is 7.00. The Bertz CT molecular complexity index is 1180. The Morgan fingerprint density at radius 3 is 2.63 bits per heavy atom. The fourth-order valence-corrected chi connectivity index (χ4v) is 3.33. The Labute approximate surface area is 163 Å². The van der Waals surface area contributed by atoms with Crippen molar-refractivity contribution in [2.24, 2.45) is 0 Å². The van der Waals surface area contributed by atoms with Crippen LogP contribution in [-0.4, -0.2) is 16.1 Å². The van der Waals surface area contributed by atoms with Gasteiger partial charge in [-0.1, -0.05) is 17.3 Å². The van der Waals surface area contributed by atoms with Gasteiger partial charge in [0.25, 0.3) is 5.71 Å². The number of nitrogens with zero attached hydrogens (tertiary/aromatic N) is 2. The molecular weight excluding hydrogens is 412 g/mol. The summed E-state index contributed by atoms with van der Waals surface area (Å²) in [5, 5.41) is 4.48. The Balaban J connectivity index is 1.85. The van der Waals surface area contributed by atoms with Gasteiger partial charge in [-0.15, -0.1) is 0 Å². The number of carbonyl (C=O) groups excluding carboxylic acids is 1. The molecule has 0 atom stereocenters. The van der Waals surface area contributed by atoms with E-state index in [1.54, 1.807) is 31.2 Å². The van der Waals surface area contributed by atoms with E-state index in [2.05, 4.69) is 26.1 Å². The van der Waals surface area contributed by atoms with Crippen molar-refractivity contribution in [3.63, 3.8) is 0 Å². The highest BCUT2D eigenvalue weighted by atomic mass is 79.9. The monoisotopic (exact) mass is 426 g/mol. The molecule has 0 aliphatic carbocycles. The van der Waals surface area contributed by atoms with Crippen molar-refractivity contribution >= 4 is 33.0 Å². The van der Waals surface area contributed by atoms with Crippen molar-refractivity contribution in [1.82, 2.24) is 10.1 Å². The molecule has 27 heavy (non-hydrogen) atoms. The lowest BCUT2D eigenvalue weighted by Gasteiger charge is -2.08. The van der Waals surface area contributed by atoms with Gasteiger partial charge in [0.05, 0.1) is 26.8 Å². The zero-order valence-electron chi connectivity index (χ0n) is 14.9. The van der Waals surface area contributed by atoms with E-state index in [-0.39, 0.29) is 5.71 Å². The average Bonchev–Trinajstić information content (AvgIpc) is 3.18. The lowest BCUT2D eigenvalue weighted by atomic mass is 10.1. The fraction of sp³-hybridized carbons (Fsp3) is 0.150. The number of ether oxygens (including phenoxy) is 1. The van der Waals surface area contributed by atoms with Crippen LogP contribution in [0.2, 0.25) is 0 Å². The molecule has 0 saturated carbocycles. The number of para-hydroxylation sites is 1. The number of rotatable bonds is 3. The number of aromatic nitrogens is 2. The smallest absolute Gasteiger partial charge is 0.344 e. The lowest BCUT2D eigenvalue weighted by Crippen LogP contribution is -2.10. The van der Waals surface area contributed by atoms with Gasteiger partial charge in [0.2, 0.25) is 0 Å². The van der Waals surface area contributed by atoms with Gasteiger partial charge in [0.15, 0.2) is 0 Å². The third-order valence-corrected chi connectivity index (χ3v) is 4.85. The van der Waals surface area contributed by atoms with Crippen molar-refractivity contribution in [3.05, 3.63) is 63.6 Å². The number of carbonyl (C=O) groups is 1. The van der Waals surface area contributed by atoms with E-state index in [1.165, 1.54) is 0 Å². The van der Waals surface area contributed by atoms with Crippen molar-refractivity contribution in [2.45, 2.75) is 20.8 Å². The van der Waals surface area contributed by atoms with Gasteiger partial charge < -0.3 is 13.7 Å². The van der Waals surface area contributed by atoms with Crippen molar-refractivity contribution in [1.29, 1.82) is 0 Å². The minimum absolute atomic E-state index is 0.280. The molecule has 0 aliphatic rings. The molecule has 0 saturated heterocycles. The van der Waals surface area contributed by atoms with Crippen LogP contribution in [0.5, 0.6) is 5.75 Å². The van der Waals surface area contributed by atoms with E-state index < -0.39 is 5.97 Å². The molecule has 4 rings (SSSR count). The molecule has 0 amide bonds. The van der Waals surface area contributed by atoms with Crippen molar-refractivity contribution in [2.75, 3.05) is 0 Å². The SMILES string of the molecule is Cc1cc(-c2cc(C(=O)Oc3ccccc3Br)c3c(C)noc3n2)c(C)o1. The molecule has 6 nitrogen and oxygen atoms in total. The van der Waals surface area contributed by atoms with Gasteiger partial charge in [0, 0.05) is 5.56 Å². The summed E-state index contributed by atoms with van der Waals surface area (Å²) in [4.78, 5) is 17.4. The predicted octanol–water partition coefficient (Wildman–Crippen LogP) is 5.39. The van der Waals surface area contributed by atoms with Gasteiger partial charge in [-0.3, -0.25) is 0 Å². The summed E-state index contributed by atoms with van der Waals surface area (Å²) in [7, 11) is 0. The molecule has 0 unspecified atom stereocenters. The van der Waals surface area contributed by atoms with E-state index in [4.69, 9.17) is 13.7 Å². The van der Waals surface area contributed by atoms with E-state index in [9.17, 15) is 4.79 Å². The zero-order chi connectivity index (χ0) is 19.1. The molecule has 0 spiro atoms. The number of hydrogen-bond acceptors (Lipinski definition) is 6. The predicted molar refractivity (Wildman–Crippen MR) is 103 cm³/mol. The largest absolute Gasteiger partial charge is 0.466 e. The first-order chi connectivity index (χ1) is 12.9. The number of pyridine rings is 1. The van der Waals surface area contributed by atoms with E-state index in [0.29, 0.717) is 38.3 Å². The first kappa shape index (κ1) is 17.5. The first-order valence-electron chi connectivity index (χ1n) is 8.25. The molecule has 3 heterocycles. The van der Waals surface area contributed by atoms with Crippen LogP contribution >= 0.6 is 15.9 Å². The first-order valence-corrected chi connectivity index (χ1v) is 9.04. The van der Waals surface area contributed by atoms with Crippen molar-refractivity contribution in [3.8, 4) is 17.0 Å². The maximum Gasteiger partial charge on any atom is 0.344 e. The number of fused-ring (bicyclic) bond motifs is 1. The summed E-state index contributed by atoms with van der Waals surface area (Å²) in [5.41, 5.74) is 2.54. The molecular formula is C20H15BrN2O4. The Morgan fingerprint density at radius 2 is 1.93 bits per heavy atom. The van der Waals surface area contributed by atoms with Crippen LogP contribution in [0.3, 0.4) is 0 Å². The normalized spacial score (nSPS) is 11.1. The number of aryl methyl sites for hydroxylation is 3. The molecule has 3 aromatic heterocycles. The number of halogens is 1.